The van der Waals surface area contributed by atoms with Gasteiger partial charge in [-0.3, -0.25) is 19.1 Å². The Morgan fingerprint density at radius 2 is 1.49 bits per heavy atom. The first-order valence-corrected chi connectivity index (χ1v) is 11.3. The summed E-state index contributed by atoms with van der Waals surface area (Å²) in [6, 6.07) is 16.6. The highest BCUT2D eigenvalue weighted by molar-refractivity contribution is 5.98. The number of rotatable bonds is 8. The molecule has 0 bridgehead atoms. The maximum Gasteiger partial charge on any atom is 0.329 e. The van der Waals surface area contributed by atoms with Crippen LogP contribution < -0.4 is 16.2 Å². The second-order valence-electron chi connectivity index (χ2n) is 8.57. The number of carbonyl (C=O) groups excluding carboxylic acids is 3. The van der Waals surface area contributed by atoms with Gasteiger partial charge in [-0.15, -0.1) is 0 Å². The van der Waals surface area contributed by atoms with Crippen LogP contribution in [0.15, 0.2) is 65.5 Å². The second-order valence-corrected chi connectivity index (χ2v) is 8.57. The number of hydrogen-bond donors (Lipinski definition) is 2. The third-order valence-electron chi connectivity index (χ3n) is 5.71. The standard InChI is InChI=1S/C26H30N4O5/c1-16(2)21(27-24(32)19-12-8-6-9-13-19)26(34)35-18(4)23(31)28-22-17(3)29(5)30(25(22)33)20-14-10-7-11-15-20/h6-16,18,21H,1-5H3,(H,27,32)(H,28,31)/t18-,21+/m0/s1. The van der Waals surface area contributed by atoms with Crippen LogP contribution in [-0.2, 0) is 21.4 Å². The molecule has 184 valence electrons. The SMILES string of the molecule is Cc1c(NC(=O)[C@H](C)OC(=O)[C@H](NC(=O)c2ccccc2)C(C)C)c(=O)n(-c2ccccc2)n1C. The number of aromatic nitrogens is 2. The van der Waals surface area contributed by atoms with Crippen LogP contribution in [0.25, 0.3) is 5.69 Å². The van der Waals surface area contributed by atoms with E-state index in [4.69, 9.17) is 4.74 Å². The van der Waals surface area contributed by atoms with Crippen LogP contribution in [0.3, 0.4) is 0 Å². The quantitative estimate of drug-likeness (QED) is 0.484. The minimum Gasteiger partial charge on any atom is -0.451 e. The minimum atomic E-state index is -1.19. The summed E-state index contributed by atoms with van der Waals surface area (Å²) in [5, 5.41) is 5.26. The maximum atomic E-state index is 13.0. The molecule has 2 atom stereocenters. The fraction of sp³-hybridized carbons (Fsp3) is 0.308. The number of esters is 1. The van der Waals surface area contributed by atoms with Gasteiger partial charge in [-0.05, 0) is 44.0 Å². The van der Waals surface area contributed by atoms with Crippen LogP contribution in [0.5, 0.6) is 0 Å². The van der Waals surface area contributed by atoms with E-state index in [1.54, 1.807) is 75.0 Å². The molecule has 9 nitrogen and oxygen atoms in total. The lowest BCUT2D eigenvalue weighted by atomic mass is 10.0. The van der Waals surface area contributed by atoms with Gasteiger partial charge >= 0.3 is 5.97 Å². The van der Waals surface area contributed by atoms with E-state index >= 15 is 0 Å². The molecule has 3 aromatic rings. The summed E-state index contributed by atoms with van der Waals surface area (Å²) in [4.78, 5) is 51.2. The molecule has 2 amide bonds. The molecule has 2 N–H and O–H groups in total. The molecule has 9 heteroatoms. The van der Waals surface area contributed by atoms with Crippen LogP contribution in [0, 0.1) is 12.8 Å². The van der Waals surface area contributed by atoms with E-state index in [0.717, 1.165) is 0 Å². The average molecular weight is 479 g/mol. The Kier molecular flexibility index (Phi) is 7.91. The number of para-hydroxylation sites is 1. The van der Waals surface area contributed by atoms with Crippen LogP contribution in [0.4, 0.5) is 5.69 Å². The van der Waals surface area contributed by atoms with Crippen LogP contribution in [0.1, 0.15) is 36.8 Å². The predicted octanol–water partition coefficient (Wildman–Crippen LogP) is 2.81. The van der Waals surface area contributed by atoms with Crippen LogP contribution in [0.2, 0.25) is 0 Å². The zero-order chi connectivity index (χ0) is 25.7. The largest absolute Gasteiger partial charge is 0.451 e. The van der Waals surface area contributed by atoms with Crippen molar-refractivity contribution in [3.05, 3.63) is 82.3 Å². The van der Waals surface area contributed by atoms with E-state index in [2.05, 4.69) is 10.6 Å². The van der Waals surface area contributed by atoms with E-state index in [1.807, 2.05) is 18.2 Å². The first-order valence-electron chi connectivity index (χ1n) is 11.3. The zero-order valence-corrected chi connectivity index (χ0v) is 20.4. The molecule has 0 aliphatic heterocycles. The Balaban J connectivity index is 1.71. The normalized spacial score (nSPS) is 12.6. The number of nitrogens with one attached hydrogen (secondary N) is 2. The van der Waals surface area contributed by atoms with Crippen molar-refractivity contribution in [1.29, 1.82) is 0 Å². The first kappa shape index (κ1) is 25.5. The van der Waals surface area contributed by atoms with Crippen molar-refractivity contribution in [2.75, 3.05) is 5.32 Å². The van der Waals surface area contributed by atoms with E-state index in [-0.39, 0.29) is 11.6 Å². The fourth-order valence-electron chi connectivity index (χ4n) is 3.55. The summed E-state index contributed by atoms with van der Waals surface area (Å²) in [7, 11) is 1.71. The molecule has 1 heterocycles. The molecule has 0 saturated carbocycles. The van der Waals surface area contributed by atoms with Gasteiger partial charge in [-0.1, -0.05) is 50.2 Å². The summed E-state index contributed by atoms with van der Waals surface area (Å²) in [6.45, 7) is 6.65. The fourth-order valence-corrected chi connectivity index (χ4v) is 3.55. The number of hydrogen-bond acceptors (Lipinski definition) is 5. The molecule has 0 aliphatic rings. The highest BCUT2D eigenvalue weighted by atomic mass is 16.5. The van der Waals surface area contributed by atoms with Gasteiger partial charge in [0.25, 0.3) is 17.4 Å². The van der Waals surface area contributed by atoms with Crippen molar-refractivity contribution in [1.82, 2.24) is 14.7 Å². The second kappa shape index (κ2) is 10.9. The van der Waals surface area contributed by atoms with Crippen molar-refractivity contribution in [2.45, 2.75) is 39.8 Å². The van der Waals surface area contributed by atoms with Crippen LogP contribution in [-0.4, -0.2) is 39.3 Å². The van der Waals surface area contributed by atoms with Gasteiger partial charge in [-0.2, -0.15) is 0 Å². The minimum absolute atomic E-state index is 0.0991. The molecule has 35 heavy (non-hydrogen) atoms. The lowest BCUT2D eigenvalue weighted by Gasteiger charge is -2.23. The van der Waals surface area contributed by atoms with Crippen molar-refractivity contribution in [3.8, 4) is 5.69 Å². The molecule has 2 aromatic carbocycles. The molecule has 0 aliphatic carbocycles. The van der Waals surface area contributed by atoms with Crippen molar-refractivity contribution >= 4 is 23.5 Å². The highest BCUT2D eigenvalue weighted by Crippen LogP contribution is 2.15. The summed E-state index contributed by atoms with van der Waals surface area (Å²) < 4.78 is 8.44. The number of anilines is 1. The lowest BCUT2D eigenvalue weighted by molar-refractivity contribution is -0.156. The highest BCUT2D eigenvalue weighted by Gasteiger charge is 2.30. The first-order chi connectivity index (χ1) is 16.6. The molecule has 0 fully saturated rings. The number of nitrogens with zero attached hydrogens (tertiary/aromatic N) is 2. The van der Waals surface area contributed by atoms with Gasteiger partial charge in [0.2, 0.25) is 0 Å². The van der Waals surface area contributed by atoms with Gasteiger partial charge < -0.3 is 15.4 Å². The Hall–Kier alpha value is -4.14. The van der Waals surface area contributed by atoms with Crippen molar-refractivity contribution in [3.63, 3.8) is 0 Å². The lowest BCUT2D eigenvalue weighted by Crippen LogP contribution is -2.47. The summed E-state index contributed by atoms with van der Waals surface area (Å²) in [6.07, 6.45) is -1.19. The predicted molar refractivity (Wildman–Crippen MR) is 132 cm³/mol. The van der Waals surface area contributed by atoms with Crippen molar-refractivity contribution < 1.29 is 19.1 Å². The average Bonchev–Trinajstić information content (AvgIpc) is 3.05. The Bertz CT molecular complexity index is 1260. The molecule has 3 rings (SSSR count). The summed E-state index contributed by atoms with van der Waals surface area (Å²) in [5.41, 5.74) is 1.30. The van der Waals surface area contributed by atoms with Gasteiger partial charge in [0.1, 0.15) is 11.7 Å². The maximum absolute atomic E-state index is 13.0. The third kappa shape index (κ3) is 5.68. The van der Waals surface area contributed by atoms with E-state index in [9.17, 15) is 19.2 Å². The smallest absolute Gasteiger partial charge is 0.329 e. The van der Waals surface area contributed by atoms with E-state index in [1.165, 1.54) is 11.6 Å². The van der Waals surface area contributed by atoms with Crippen LogP contribution >= 0.6 is 0 Å². The Labute approximate surface area is 203 Å². The number of carbonyl (C=O) groups is 3. The summed E-state index contributed by atoms with van der Waals surface area (Å²) >= 11 is 0. The Morgan fingerprint density at radius 3 is 2.06 bits per heavy atom. The molecule has 0 unspecified atom stereocenters. The molecular formula is C26H30N4O5. The molecule has 1 aromatic heterocycles. The zero-order valence-electron chi connectivity index (χ0n) is 20.4. The molecular weight excluding hydrogens is 448 g/mol. The van der Waals surface area contributed by atoms with Gasteiger partial charge in [0, 0.05) is 12.6 Å². The van der Waals surface area contributed by atoms with Gasteiger partial charge in [0.05, 0.1) is 11.4 Å². The summed E-state index contributed by atoms with van der Waals surface area (Å²) in [5.74, 6) is -2.08. The Morgan fingerprint density at radius 1 is 0.914 bits per heavy atom. The van der Waals surface area contributed by atoms with Crippen molar-refractivity contribution in [2.24, 2.45) is 13.0 Å². The number of ether oxygens (including phenoxy) is 1. The van der Waals surface area contributed by atoms with Gasteiger partial charge in [0.15, 0.2) is 6.10 Å². The molecule has 0 spiro atoms. The number of benzene rings is 2. The molecule has 0 radical (unpaired) electrons. The molecule has 0 saturated heterocycles. The topological polar surface area (TPSA) is 111 Å². The number of amides is 2. The monoisotopic (exact) mass is 478 g/mol. The van der Waals surface area contributed by atoms with Gasteiger partial charge in [-0.25, -0.2) is 9.48 Å². The van der Waals surface area contributed by atoms with E-state index < -0.39 is 35.5 Å². The van der Waals surface area contributed by atoms with E-state index in [0.29, 0.717) is 16.9 Å². The third-order valence-corrected chi connectivity index (χ3v) is 5.71.